The maximum absolute atomic E-state index is 9.91. The Morgan fingerprint density at radius 2 is 1.07 bits per heavy atom. The summed E-state index contributed by atoms with van der Waals surface area (Å²) in [6.07, 6.45) is 3.63. The fourth-order valence-corrected chi connectivity index (χ4v) is 8.99. The molecule has 276 valence electrons. The topological polar surface area (TPSA) is 63.7 Å². The molecule has 5 nitrogen and oxygen atoms in total. The Morgan fingerprint density at radius 1 is 0.492 bits per heavy atom. The summed E-state index contributed by atoms with van der Waals surface area (Å²) in [6, 6.07) is 70.1. The smallest absolute Gasteiger partial charge is 0.132 e. The number of hydrogen-bond donors (Lipinski definition) is 0. The summed E-state index contributed by atoms with van der Waals surface area (Å²) in [4.78, 5) is 9.47. The van der Waals surface area contributed by atoms with Gasteiger partial charge in [-0.2, -0.15) is 5.26 Å². The van der Waals surface area contributed by atoms with Crippen LogP contribution >= 0.6 is 0 Å². The Bertz CT molecular complexity index is 3200. The number of nitriles is 1. The average molecular weight is 755 g/mol. The number of ether oxygens (including phenoxy) is 1. The predicted octanol–water partition coefficient (Wildman–Crippen LogP) is 12.9. The second-order valence-electron chi connectivity index (χ2n) is 14.9. The molecule has 0 spiro atoms. The summed E-state index contributed by atoms with van der Waals surface area (Å²) >= 11 is 0. The third-order valence-electron chi connectivity index (χ3n) is 11.6. The lowest BCUT2D eigenvalue weighted by Crippen LogP contribution is -2.34. The van der Waals surface area contributed by atoms with E-state index in [0.29, 0.717) is 5.56 Å². The number of fused-ring (bicyclic) bond motifs is 5. The van der Waals surface area contributed by atoms with E-state index < -0.39 is 5.41 Å². The first-order valence-electron chi connectivity index (χ1n) is 19.7. The molecule has 0 saturated carbocycles. The highest BCUT2D eigenvalue weighted by atomic mass is 16.5. The van der Waals surface area contributed by atoms with E-state index in [4.69, 9.17) is 9.72 Å². The maximum Gasteiger partial charge on any atom is 0.132 e. The molecule has 3 aromatic heterocycles. The van der Waals surface area contributed by atoms with Crippen LogP contribution in [0.25, 0.3) is 61.1 Å². The molecule has 0 saturated heterocycles. The molecule has 4 heterocycles. The van der Waals surface area contributed by atoms with Gasteiger partial charge in [-0.1, -0.05) is 97.1 Å². The van der Waals surface area contributed by atoms with Gasteiger partial charge in [-0.3, -0.25) is 4.98 Å². The van der Waals surface area contributed by atoms with Crippen molar-refractivity contribution in [3.05, 3.63) is 234 Å². The van der Waals surface area contributed by atoms with E-state index in [-0.39, 0.29) is 0 Å². The molecule has 0 fully saturated rings. The van der Waals surface area contributed by atoms with Crippen LogP contribution < -0.4 is 4.74 Å². The molecule has 0 bridgehead atoms. The van der Waals surface area contributed by atoms with Crippen molar-refractivity contribution in [1.82, 2.24) is 14.5 Å². The third-order valence-corrected chi connectivity index (χ3v) is 11.6. The number of benzene rings is 7. The first-order valence-corrected chi connectivity index (χ1v) is 19.7. The molecule has 5 heteroatoms. The summed E-state index contributed by atoms with van der Waals surface area (Å²) in [5, 5.41) is 12.0. The van der Waals surface area contributed by atoms with Crippen LogP contribution in [-0.4, -0.2) is 14.5 Å². The number of nitrogens with zero attached hydrogens (tertiary/aromatic N) is 4. The van der Waals surface area contributed by atoms with Crippen LogP contribution in [0.1, 0.15) is 27.8 Å². The van der Waals surface area contributed by atoms with Crippen molar-refractivity contribution >= 4 is 21.8 Å². The van der Waals surface area contributed by atoms with Crippen molar-refractivity contribution in [1.29, 1.82) is 5.26 Å². The monoisotopic (exact) mass is 754 g/mol. The average Bonchev–Trinajstić information content (AvgIpc) is 3.64. The molecule has 0 atom stereocenters. The van der Waals surface area contributed by atoms with Gasteiger partial charge in [0.15, 0.2) is 0 Å². The summed E-state index contributed by atoms with van der Waals surface area (Å²) in [7, 11) is 0. The molecule has 59 heavy (non-hydrogen) atoms. The maximum atomic E-state index is 9.91. The summed E-state index contributed by atoms with van der Waals surface area (Å²) in [5.74, 6) is 1.60. The van der Waals surface area contributed by atoms with Crippen LogP contribution in [0, 0.1) is 11.3 Å². The Hall–Kier alpha value is -8.07. The van der Waals surface area contributed by atoms with E-state index in [0.717, 1.165) is 94.9 Å². The lowest BCUT2D eigenvalue weighted by Gasteiger charge is -2.42. The van der Waals surface area contributed by atoms with E-state index in [1.807, 2.05) is 42.6 Å². The zero-order valence-electron chi connectivity index (χ0n) is 31.8. The SMILES string of the molecule is N#Cc1ccc2c(c1)c1cc(-c3ccc4c(c3)C(c3ccccc3)(c3ccccc3)c3cc(-c5cccc(-c6cccnc6)n5)ccc3O4)ccc1n2-c1ccccc1. The first-order chi connectivity index (χ1) is 29.2. The van der Waals surface area contributed by atoms with Gasteiger partial charge >= 0.3 is 0 Å². The van der Waals surface area contributed by atoms with Crippen LogP contribution in [0.2, 0.25) is 0 Å². The van der Waals surface area contributed by atoms with Gasteiger partial charge in [-0.05, 0) is 119 Å². The van der Waals surface area contributed by atoms with Gasteiger partial charge in [0.1, 0.15) is 11.5 Å². The molecule has 11 rings (SSSR count). The fourth-order valence-electron chi connectivity index (χ4n) is 8.99. The fraction of sp³-hybridized carbons (Fsp3) is 0.0185. The summed E-state index contributed by atoms with van der Waals surface area (Å²) in [5.41, 5.74) is 13.3. The van der Waals surface area contributed by atoms with Crippen molar-refractivity contribution < 1.29 is 4.74 Å². The minimum Gasteiger partial charge on any atom is -0.457 e. The molecule has 0 N–H and O–H groups in total. The molecule has 10 aromatic rings. The highest BCUT2D eigenvalue weighted by Gasteiger charge is 2.45. The highest BCUT2D eigenvalue weighted by molar-refractivity contribution is 6.11. The molecule has 1 aliphatic heterocycles. The van der Waals surface area contributed by atoms with Crippen molar-refractivity contribution in [2.45, 2.75) is 5.41 Å². The largest absolute Gasteiger partial charge is 0.457 e. The molecule has 7 aromatic carbocycles. The molecular formula is C54H34N4O. The molecule has 0 unspecified atom stereocenters. The van der Waals surface area contributed by atoms with Gasteiger partial charge < -0.3 is 9.30 Å². The molecular weight excluding hydrogens is 721 g/mol. The molecule has 1 aliphatic rings. The van der Waals surface area contributed by atoms with E-state index in [2.05, 4.69) is 173 Å². The second-order valence-corrected chi connectivity index (χ2v) is 14.9. The summed E-state index contributed by atoms with van der Waals surface area (Å²) < 4.78 is 9.17. The van der Waals surface area contributed by atoms with Crippen LogP contribution in [0.15, 0.2) is 207 Å². The van der Waals surface area contributed by atoms with Gasteiger partial charge in [-0.15, -0.1) is 0 Å². The predicted molar refractivity (Wildman–Crippen MR) is 236 cm³/mol. The Balaban J connectivity index is 1.14. The van der Waals surface area contributed by atoms with E-state index in [9.17, 15) is 5.26 Å². The van der Waals surface area contributed by atoms with Crippen molar-refractivity contribution in [2.24, 2.45) is 0 Å². The van der Waals surface area contributed by atoms with Gasteiger partial charge in [0.2, 0.25) is 0 Å². The standard InChI is InChI=1S/C54H34N4O/c55-34-36-21-25-50-44(30-36)45-31-37(22-26-51(45)58(50)43-17-8-3-9-18-43)38-23-27-52-46(32-38)54(41-13-4-1-5-14-41,42-15-6-2-7-16-42)47-33-39(24-28-53(47)59-52)48-19-10-20-49(57-48)40-12-11-29-56-35-40/h1-33,35H. The number of rotatable bonds is 6. The lowest BCUT2D eigenvalue weighted by molar-refractivity contribution is 0.435. The van der Waals surface area contributed by atoms with E-state index >= 15 is 0 Å². The Kier molecular flexibility index (Phi) is 8.02. The van der Waals surface area contributed by atoms with Gasteiger partial charge in [0.25, 0.3) is 0 Å². The zero-order chi connectivity index (χ0) is 39.3. The van der Waals surface area contributed by atoms with Crippen LogP contribution in [-0.2, 0) is 5.41 Å². The Morgan fingerprint density at radius 3 is 1.73 bits per heavy atom. The second kappa shape index (κ2) is 13.8. The van der Waals surface area contributed by atoms with Crippen LogP contribution in [0.5, 0.6) is 11.5 Å². The highest BCUT2D eigenvalue weighted by Crippen LogP contribution is 2.56. The number of hydrogen-bond acceptors (Lipinski definition) is 4. The van der Waals surface area contributed by atoms with Crippen molar-refractivity contribution in [2.75, 3.05) is 0 Å². The third kappa shape index (κ3) is 5.54. The minimum absolute atomic E-state index is 0.633. The lowest BCUT2D eigenvalue weighted by atomic mass is 9.63. The number of pyridine rings is 2. The van der Waals surface area contributed by atoms with Crippen molar-refractivity contribution in [3.8, 4) is 56.9 Å². The van der Waals surface area contributed by atoms with E-state index in [1.54, 1.807) is 6.20 Å². The zero-order valence-corrected chi connectivity index (χ0v) is 31.8. The van der Waals surface area contributed by atoms with E-state index in [1.165, 1.54) is 0 Å². The molecule has 0 aliphatic carbocycles. The normalized spacial score (nSPS) is 12.7. The van der Waals surface area contributed by atoms with Gasteiger partial charge in [0, 0.05) is 51.1 Å². The van der Waals surface area contributed by atoms with Crippen molar-refractivity contribution in [3.63, 3.8) is 0 Å². The van der Waals surface area contributed by atoms with Crippen LogP contribution in [0.3, 0.4) is 0 Å². The quantitative estimate of drug-likeness (QED) is 0.170. The Labute approximate surface area is 341 Å². The molecule has 0 amide bonds. The number of aromatic nitrogens is 3. The van der Waals surface area contributed by atoms with Gasteiger partial charge in [-0.25, -0.2) is 4.98 Å². The molecule has 0 radical (unpaired) electrons. The van der Waals surface area contributed by atoms with Crippen LogP contribution in [0.4, 0.5) is 0 Å². The van der Waals surface area contributed by atoms with Gasteiger partial charge in [0.05, 0.1) is 39.5 Å². The summed E-state index contributed by atoms with van der Waals surface area (Å²) in [6.45, 7) is 0. The first kappa shape index (κ1) is 34.2. The minimum atomic E-state index is -0.743. The number of para-hydroxylation sites is 1.